The van der Waals surface area contributed by atoms with E-state index in [-0.39, 0.29) is 6.04 Å². The van der Waals surface area contributed by atoms with Gasteiger partial charge >= 0.3 is 0 Å². The molecule has 2 aromatic rings. The topological polar surface area (TPSA) is 12.0 Å². The monoisotopic (exact) mass is 331 g/mol. The van der Waals surface area contributed by atoms with Crippen molar-refractivity contribution in [2.75, 3.05) is 7.05 Å². The summed E-state index contributed by atoms with van der Waals surface area (Å²) in [5, 5.41) is 3.47. The molecule has 1 atom stereocenters. The molecular formula is C18H22BrN. The number of benzene rings is 2. The normalized spacial score (nSPS) is 12.5. The van der Waals surface area contributed by atoms with E-state index >= 15 is 0 Å². The molecule has 2 rings (SSSR count). The van der Waals surface area contributed by atoms with Gasteiger partial charge in [-0.1, -0.05) is 34.1 Å². The maximum atomic E-state index is 3.54. The minimum atomic E-state index is 0.238. The van der Waals surface area contributed by atoms with Gasteiger partial charge in [0.15, 0.2) is 0 Å². The lowest BCUT2D eigenvalue weighted by Gasteiger charge is -2.22. The van der Waals surface area contributed by atoms with Crippen LogP contribution in [0.2, 0.25) is 0 Å². The smallest absolute Gasteiger partial charge is 0.0579 e. The molecular weight excluding hydrogens is 310 g/mol. The summed E-state index contributed by atoms with van der Waals surface area (Å²) < 4.78 is 1.13. The Morgan fingerprint density at radius 1 is 0.800 bits per heavy atom. The van der Waals surface area contributed by atoms with Crippen LogP contribution < -0.4 is 5.32 Å². The van der Waals surface area contributed by atoms with Crippen LogP contribution in [0.1, 0.15) is 39.4 Å². The average Bonchev–Trinajstić information content (AvgIpc) is 2.38. The Morgan fingerprint density at radius 2 is 1.40 bits per heavy atom. The molecule has 106 valence electrons. The first-order valence-corrected chi connectivity index (χ1v) is 7.74. The lowest BCUT2D eigenvalue weighted by atomic mass is 9.90. The standard InChI is InChI=1S/C18H22BrN/c1-11-8-13(3)17(10-12(11)2)18(20-5)16-7-6-15(19)9-14(16)4/h6-10,18,20H,1-5H3. The quantitative estimate of drug-likeness (QED) is 0.835. The van der Waals surface area contributed by atoms with E-state index in [4.69, 9.17) is 0 Å². The second kappa shape index (κ2) is 6.11. The number of hydrogen-bond acceptors (Lipinski definition) is 1. The van der Waals surface area contributed by atoms with Crippen molar-refractivity contribution in [2.45, 2.75) is 33.7 Å². The van der Waals surface area contributed by atoms with Gasteiger partial charge in [0.05, 0.1) is 6.04 Å². The number of rotatable bonds is 3. The van der Waals surface area contributed by atoms with Gasteiger partial charge in [-0.25, -0.2) is 0 Å². The lowest BCUT2D eigenvalue weighted by Crippen LogP contribution is -2.20. The Kier molecular flexibility index (Phi) is 4.66. The largest absolute Gasteiger partial charge is 0.309 e. The summed E-state index contributed by atoms with van der Waals surface area (Å²) in [6.45, 7) is 8.71. The zero-order valence-corrected chi connectivity index (χ0v) is 14.4. The van der Waals surface area contributed by atoms with Crippen LogP contribution in [0, 0.1) is 27.7 Å². The van der Waals surface area contributed by atoms with Crippen LogP contribution in [0.15, 0.2) is 34.8 Å². The van der Waals surface area contributed by atoms with Crippen molar-refractivity contribution in [1.82, 2.24) is 5.32 Å². The van der Waals surface area contributed by atoms with Gasteiger partial charge in [0.2, 0.25) is 0 Å². The molecule has 1 unspecified atom stereocenters. The molecule has 0 saturated heterocycles. The van der Waals surface area contributed by atoms with Gasteiger partial charge in [0.1, 0.15) is 0 Å². The van der Waals surface area contributed by atoms with Crippen LogP contribution in [0.4, 0.5) is 0 Å². The molecule has 0 spiro atoms. The second-order valence-corrected chi connectivity index (χ2v) is 6.43. The highest BCUT2D eigenvalue weighted by atomic mass is 79.9. The molecule has 0 aliphatic carbocycles. The molecule has 0 aliphatic heterocycles. The number of halogens is 1. The van der Waals surface area contributed by atoms with Crippen molar-refractivity contribution in [3.05, 3.63) is 68.2 Å². The molecule has 0 amide bonds. The third kappa shape index (κ3) is 2.97. The predicted molar refractivity (Wildman–Crippen MR) is 90.4 cm³/mol. The molecule has 2 heteroatoms. The van der Waals surface area contributed by atoms with E-state index in [1.54, 1.807) is 0 Å². The number of nitrogens with one attached hydrogen (secondary N) is 1. The van der Waals surface area contributed by atoms with Gasteiger partial charge in [-0.2, -0.15) is 0 Å². The molecule has 1 N–H and O–H groups in total. The molecule has 0 bridgehead atoms. The van der Waals surface area contributed by atoms with Crippen LogP contribution in [-0.2, 0) is 0 Å². The summed E-state index contributed by atoms with van der Waals surface area (Å²) in [6, 6.07) is 11.3. The summed E-state index contributed by atoms with van der Waals surface area (Å²) in [7, 11) is 2.03. The van der Waals surface area contributed by atoms with E-state index in [1.165, 1.54) is 33.4 Å². The fourth-order valence-electron chi connectivity index (χ4n) is 2.74. The molecule has 0 saturated carbocycles. The third-order valence-corrected chi connectivity index (χ3v) is 4.52. The zero-order valence-electron chi connectivity index (χ0n) is 12.8. The Hall–Kier alpha value is -1.12. The van der Waals surface area contributed by atoms with Gasteiger partial charge in [-0.05, 0) is 80.3 Å². The van der Waals surface area contributed by atoms with Gasteiger partial charge < -0.3 is 5.32 Å². The van der Waals surface area contributed by atoms with Crippen LogP contribution in [0.25, 0.3) is 0 Å². The average molecular weight is 332 g/mol. The van der Waals surface area contributed by atoms with Crippen molar-refractivity contribution < 1.29 is 0 Å². The summed E-state index contributed by atoms with van der Waals surface area (Å²) in [6.07, 6.45) is 0. The van der Waals surface area contributed by atoms with E-state index in [9.17, 15) is 0 Å². The summed E-state index contributed by atoms with van der Waals surface area (Å²) in [5.74, 6) is 0. The highest BCUT2D eigenvalue weighted by molar-refractivity contribution is 9.10. The first kappa shape index (κ1) is 15.3. The minimum Gasteiger partial charge on any atom is -0.309 e. The van der Waals surface area contributed by atoms with Crippen LogP contribution in [0.5, 0.6) is 0 Å². The molecule has 20 heavy (non-hydrogen) atoms. The fraction of sp³-hybridized carbons (Fsp3) is 0.333. The molecule has 0 aromatic heterocycles. The van der Waals surface area contributed by atoms with Gasteiger partial charge in [-0.3, -0.25) is 0 Å². The van der Waals surface area contributed by atoms with Crippen molar-refractivity contribution in [3.8, 4) is 0 Å². The first-order valence-electron chi connectivity index (χ1n) is 6.95. The third-order valence-electron chi connectivity index (χ3n) is 4.02. The number of hydrogen-bond donors (Lipinski definition) is 1. The van der Waals surface area contributed by atoms with Crippen molar-refractivity contribution in [1.29, 1.82) is 0 Å². The SMILES string of the molecule is CNC(c1ccc(Br)cc1C)c1cc(C)c(C)cc1C. The van der Waals surface area contributed by atoms with E-state index in [0.29, 0.717) is 0 Å². The van der Waals surface area contributed by atoms with Gasteiger partial charge in [0.25, 0.3) is 0 Å². The molecule has 1 nitrogen and oxygen atoms in total. The first-order chi connectivity index (χ1) is 9.43. The molecule has 0 radical (unpaired) electrons. The Morgan fingerprint density at radius 3 is 2.00 bits per heavy atom. The Labute approximate surface area is 130 Å². The zero-order chi connectivity index (χ0) is 14.9. The molecule has 0 heterocycles. The van der Waals surface area contributed by atoms with Crippen LogP contribution >= 0.6 is 15.9 Å². The van der Waals surface area contributed by atoms with E-state index in [0.717, 1.165) is 4.47 Å². The maximum Gasteiger partial charge on any atom is 0.0579 e. The molecule has 0 aliphatic rings. The van der Waals surface area contributed by atoms with Crippen LogP contribution in [-0.4, -0.2) is 7.05 Å². The number of aryl methyl sites for hydroxylation is 4. The van der Waals surface area contributed by atoms with Crippen LogP contribution in [0.3, 0.4) is 0 Å². The summed E-state index contributed by atoms with van der Waals surface area (Å²) in [4.78, 5) is 0. The highest BCUT2D eigenvalue weighted by Crippen LogP contribution is 2.30. The van der Waals surface area contributed by atoms with E-state index in [2.05, 4.69) is 79.3 Å². The molecule has 2 aromatic carbocycles. The summed E-state index contributed by atoms with van der Waals surface area (Å²) >= 11 is 3.54. The van der Waals surface area contributed by atoms with Gasteiger partial charge in [-0.15, -0.1) is 0 Å². The summed E-state index contributed by atoms with van der Waals surface area (Å²) in [5.41, 5.74) is 8.04. The Balaban J connectivity index is 2.55. The van der Waals surface area contributed by atoms with Gasteiger partial charge in [0, 0.05) is 4.47 Å². The maximum absolute atomic E-state index is 3.54. The second-order valence-electron chi connectivity index (χ2n) is 5.52. The van der Waals surface area contributed by atoms with E-state index < -0.39 is 0 Å². The van der Waals surface area contributed by atoms with Crippen molar-refractivity contribution >= 4 is 15.9 Å². The highest BCUT2D eigenvalue weighted by Gasteiger charge is 2.17. The predicted octanol–water partition coefficient (Wildman–Crippen LogP) is 4.99. The van der Waals surface area contributed by atoms with Crippen molar-refractivity contribution in [2.24, 2.45) is 0 Å². The van der Waals surface area contributed by atoms with Crippen molar-refractivity contribution in [3.63, 3.8) is 0 Å². The Bertz CT molecular complexity index is 632. The lowest BCUT2D eigenvalue weighted by molar-refractivity contribution is 0.682. The minimum absolute atomic E-state index is 0.238. The fourth-order valence-corrected chi connectivity index (χ4v) is 3.21. The molecule has 0 fully saturated rings. The van der Waals surface area contributed by atoms with E-state index in [1.807, 2.05) is 7.05 Å².